The van der Waals surface area contributed by atoms with Gasteiger partial charge in [-0.2, -0.15) is 0 Å². The Morgan fingerprint density at radius 2 is 2.12 bits per heavy atom. The normalized spacial score (nSPS) is 10.4. The van der Waals surface area contributed by atoms with E-state index >= 15 is 0 Å². The van der Waals surface area contributed by atoms with Gasteiger partial charge in [-0.3, -0.25) is 4.98 Å². The number of aromatic nitrogens is 1. The second kappa shape index (κ2) is 7.23. The molecule has 0 saturated heterocycles. The highest BCUT2D eigenvalue weighted by molar-refractivity contribution is 5.32. The van der Waals surface area contributed by atoms with Crippen molar-refractivity contribution < 1.29 is 9.84 Å². The van der Waals surface area contributed by atoms with Crippen LogP contribution in [-0.4, -0.2) is 16.7 Å². The molecule has 0 spiro atoms. The van der Waals surface area contributed by atoms with Crippen LogP contribution in [0.4, 0.5) is 0 Å². The van der Waals surface area contributed by atoms with Crippen LogP contribution < -0.4 is 4.74 Å². The van der Waals surface area contributed by atoms with Gasteiger partial charge in [0.15, 0.2) is 0 Å². The number of nitrogens with zero attached hydrogens (tertiary/aromatic N) is 1. The maximum absolute atomic E-state index is 9.13. The molecule has 1 rings (SSSR count). The van der Waals surface area contributed by atoms with Crippen LogP contribution in [0, 0.1) is 6.92 Å². The lowest BCUT2D eigenvalue weighted by molar-refractivity contribution is 0.259. The highest BCUT2D eigenvalue weighted by Crippen LogP contribution is 2.18. The summed E-state index contributed by atoms with van der Waals surface area (Å²) in [5, 5.41) is 9.13. The number of aliphatic hydroxyl groups is 1. The largest absolute Gasteiger partial charge is 0.493 e. The average molecular weight is 223 g/mol. The zero-order valence-corrected chi connectivity index (χ0v) is 10.2. The fraction of sp³-hybridized carbons (Fsp3) is 0.615. The molecule has 0 aliphatic carbocycles. The van der Waals surface area contributed by atoms with Crippen LogP contribution in [0.5, 0.6) is 5.75 Å². The van der Waals surface area contributed by atoms with E-state index in [2.05, 4.69) is 11.9 Å². The van der Waals surface area contributed by atoms with Crippen molar-refractivity contribution >= 4 is 0 Å². The molecule has 1 N–H and O–H groups in total. The van der Waals surface area contributed by atoms with Crippen LogP contribution in [-0.2, 0) is 6.61 Å². The van der Waals surface area contributed by atoms with Crippen LogP contribution >= 0.6 is 0 Å². The van der Waals surface area contributed by atoms with E-state index in [1.807, 2.05) is 13.0 Å². The Labute approximate surface area is 97.5 Å². The van der Waals surface area contributed by atoms with Crippen LogP contribution in [0.3, 0.4) is 0 Å². The van der Waals surface area contributed by atoms with Gasteiger partial charge in [0, 0.05) is 23.5 Å². The third kappa shape index (κ3) is 4.19. The molecular weight excluding hydrogens is 202 g/mol. The number of aliphatic hydroxyl groups excluding tert-OH is 1. The molecule has 3 heteroatoms. The molecule has 0 fully saturated rings. The Kier molecular flexibility index (Phi) is 5.86. The number of unbranched alkanes of at least 4 members (excludes halogenated alkanes) is 3. The van der Waals surface area contributed by atoms with E-state index in [0.29, 0.717) is 0 Å². The molecule has 0 unspecified atom stereocenters. The Balaban J connectivity index is 2.42. The first-order valence-electron chi connectivity index (χ1n) is 5.97. The van der Waals surface area contributed by atoms with Gasteiger partial charge in [0.25, 0.3) is 0 Å². The highest BCUT2D eigenvalue weighted by atomic mass is 16.5. The van der Waals surface area contributed by atoms with Crippen LogP contribution in [0.25, 0.3) is 0 Å². The maximum Gasteiger partial charge on any atom is 0.128 e. The molecule has 1 aromatic heterocycles. The predicted octanol–water partition coefficient (Wildman–Crippen LogP) is 2.84. The minimum Gasteiger partial charge on any atom is -0.493 e. The molecule has 0 atom stereocenters. The monoisotopic (exact) mass is 223 g/mol. The van der Waals surface area contributed by atoms with Crippen molar-refractivity contribution in [1.29, 1.82) is 0 Å². The maximum atomic E-state index is 9.13. The summed E-state index contributed by atoms with van der Waals surface area (Å²) in [6.07, 6.45) is 6.44. The van der Waals surface area contributed by atoms with Gasteiger partial charge in [-0.1, -0.05) is 26.2 Å². The smallest absolute Gasteiger partial charge is 0.128 e. The van der Waals surface area contributed by atoms with Gasteiger partial charge in [0.05, 0.1) is 13.2 Å². The molecule has 0 saturated carbocycles. The Hall–Kier alpha value is -1.09. The summed E-state index contributed by atoms with van der Waals surface area (Å²) in [6.45, 7) is 4.82. The molecule has 0 aliphatic heterocycles. The van der Waals surface area contributed by atoms with Gasteiger partial charge < -0.3 is 9.84 Å². The zero-order valence-electron chi connectivity index (χ0n) is 10.2. The predicted molar refractivity (Wildman–Crippen MR) is 64.5 cm³/mol. The summed E-state index contributed by atoms with van der Waals surface area (Å²) in [6, 6.07) is 1.88. The van der Waals surface area contributed by atoms with Crippen LogP contribution in [0.2, 0.25) is 0 Å². The molecular formula is C13H21NO2. The topological polar surface area (TPSA) is 42.4 Å². The second-order valence-electron chi connectivity index (χ2n) is 4.00. The number of hydrogen-bond donors (Lipinski definition) is 1. The summed E-state index contributed by atoms with van der Waals surface area (Å²) in [4.78, 5) is 4.13. The summed E-state index contributed by atoms with van der Waals surface area (Å²) in [7, 11) is 0. The van der Waals surface area contributed by atoms with Crippen LogP contribution in [0.15, 0.2) is 12.3 Å². The first-order valence-corrected chi connectivity index (χ1v) is 5.97. The van der Waals surface area contributed by atoms with E-state index in [1.54, 1.807) is 6.20 Å². The Morgan fingerprint density at radius 1 is 1.31 bits per heavy atom. The molecule has 3 nitrogen and oxygen atoms in total. The molecule has 1 aromatic rings. The lowest BCUT2D eigenvalue weighted by Gasteiger charge is -2.10. The number of hydrogen-bond acceptors (Lipinski definition) is 3. The molecule has 0 radical (unpaired) electrons. The van der Waals surface area contributed by atoms with Gasteiger partial charge in [-0.25, -0.2) is 0 Å². The van der Waals surface area contributed by atoms with E-state index < -0.39 is 0 Å². The van der Waals surface area contributed by atoms with Crippen molar-refractivity contribution in [3.8, 4) is 5.75 Å². The average Bonchev–Trinajstić information content (AvgIpc) is 2.29. The summed E-state index contributed by atoms with van der Waals surface area (Å²) >= 11 is 0. The van der Waals surface area contributed by atoms with E-state index in [-0.39, 0.29) is 6.61 Å². The first-order chi connectivity index (χ1) is 7.77. The van der Waals surface area contributed by atoms with Crippen molar-refractivity contribution in [2.75, 3.05) is 6.61 Å². The first kappa shape index (κ1) is 13.0. The summed E-state index contributed by atoms with van der Waals surface area (Å²) < 4.78 is 5.66. The van der Waals surface area contributed by atoms with Gasteiger partial charge in [0.1, 0.15) is 5.75 Å². The van der Waals surface area contributed by atoms with Crippen molar-refractivity contribution in [2.24, 2.45) is 0 Å². The van der Waals surface area contributed by atoms with Gasteiger partial charge in [0.2, 0.25) is 0 Å². The second-order valence-corrected chi connectivity index (χ2v) is 4.00. The van der Waals surface area contributed by atoms with Crippen molar-refractivity contribution in [1.82, 2.24) is 4.98 Å². The van der Waals surface area contributed by atoms with Crippen LogP contribution in [0.1, 0.15) is 43.9 Å². The number of pyridine rings is 1. The quantitative estimate of drug-likeness (QED) is 0.723. The molecule has 1 heterocycles. The minimum atomic E-state index is -0.0163. The van der Waals surface area contributed by atoms with Gasteiger partial charge in [-0.05, 0) is 13.3 Å². The molecule has 16 heavy (non-hydrogen) atoms. The number of ether oxygens (including phenoxy) is 1. The lowest BCUT2D eigenvalue weighted by atomic mass is 10.2. The van der Waals surface area contributed by atoms with E-state index in [0.717, 1.165) is 30.0 Å². The molecule has 90 valence electrons. The number of aryl methyl sites for hydroxylation is 1. The number of rotatable bonds is 7. The molecule has 0 aromatic carbocycles. The molecule has 0 aliphatic rings. The zero-order chi connectivity index (χ0) is 11.8. The highest BCUT2D eigenvalue weighted by Gasteiger charge is 2.03. The van der Waals surface area contributed by atoms with Crippen molar-refractivity contribution in [2.45, 2.75) is 46.1 Å². The van der Waals surface area contributed by atoms with Crippen molar-refractivity contribution in [3.05, 3.63) is 23.5 Å². The van der Waals surface area contributed by atoms with E-state index in [4.69, 9.17) is 9.84 Å². The summed E-state index contributed by atoms with van der Waals surface area (Å²) in [5.41, 5.74) is 1.68. The van der Waals surface area contributed by atoms with Gasteiger partial charge >= 0.3 is 0 Å². The third-order valence-corrected chi connectivity index (χ3v) is 2.51. The fourth-order valence-corrected chi connectivity index (χ4v) is 1.53. The standard InChI is InChI=1S/C13H21NO2/c1-3-4-5-6-7-16-13-8-11(2)14-9-12(13)10-15/h8-9,15H,3-7,10H2,1-2H3. The molecule has 0 amide bonds. The van der Waals surface area contributed by atoms with Gasteiger partial charge in [-0.15, -0.1) is 0 Å². The fourth-order valence-electron chi connectivity index (χ4n) is 1.53. The Morgan fingerprint density at radius 3 is 2.81 bits per heavy atom. The SMILES string of the molecule is CCCCCCOc1cc(C)ncc1CO. The lowest BCUT2D eigenvalue weighted by Crippen LogP contribution is -2.01. The Bertz CT molecular complexity index is 313. The molecule has 0 bridgehead atoms. The van der Waals surface area contributed by atoms with E-state index in [1.165, 1.54) is 19.3 Å². The van der Waals surface area contributed by atoms with E-state index in [9.17, 15) is 0 Å². The van der Waals surface area contributed by atoms with Crippen molar-refractivity contribution in [3.63, 3.8) is 0 Å². The minimum absolute atomic E-state index is 0.0163. The summed E-state index contributed by atoms with van der Waals surface area (Å²) in [5.74, 6) is 0.770. The third-order valence-electron chi connectivity index (χ3n) is 2.51.